The highest BCUT2D eigenvalue weighted by Gasteiger charge is 2.03. The van der Waals surface area contributed by atoms with E-state index in [0.717, 1.165) is 11.9 Å². The highest BCUT2D eigenvalue weighted by molar-refractivity contribution is 5.84. The lowest BCUT2D eigenvalue weighted by Crippen LogP contribution is -2.28. The molecule has 0 aliphatic rings. The zero-order valence-electron chi connectivity index (χ0n) is 9.35. The summed E-state index contributed by atoms with van der Waals surface area (Å²) in [6.07, 6.45) is 3.74. The first kappa shape index (κ1) is 11.0. The van der Waals surface area contributed by atoms with Crippen molar-refractivity contribution >= 4 is 10.8 Å². The molecule has 0 radical (unpaired) electrons. The van der Waals surface area contributed by atoms with Gasteiger partial charge in [-0.2, -0.15) is 0 Å². The van der Waals surface area contributed by atoms with E-state index in [1.165, 1.54) is 10.9 Å². The van der Waals surface area contributed by atoms with Crippen LogP contribution in [0.25, 0.3) is 10.8 Å². The molecule has 1 aromatic carbocycles. The fraction of sp³-hybridized carbons (Fsp3) is 0.308. The summed E-state index contributed by atoms with van der Waals surface area (Å²) < 4.78 is 0. The molecule has 0 bridgehead atoms. The van der Waals surface area contributed by atoms with Gasteiger partial charge in [-0.1, -0.05) is 24.3 Å². The Bertz CT molecular complexity index is 465. The number of hydrogen-bond donors (Lipinski definition) is 2. The van der Waals surface area contributed by atoms with E-state index in [9.17, 15) is 0 Å². The van der Waals surface area contributed by atoms with Gasteiger partial charge in [-0.3, -0.25) is 4.98 Å². The van der Waals surface area contributed by atoms with Gasteiger partial charge in [-0.05, 0) is 17.9 Å². The highest BCUT2D eigenvalue weighted by Crippen LogP contribution is 2.16. The predicted octanol–water partition coefficient (Wildman–Crippen LogP) is 1.71. The van der Waals surface area contributed by atoms with E-state index >= 15 is 0 Å². The van der Waals surface area contributed by atoms with Crippen molar-refractivity contribution in [2.75, 3.05) is 6.61 Å². The molecule has 1 atom stereocenters. The molecule has 0 saturated heterocycles. The Balaban J connectivity index is 2.23. The highest BCUT2D eigenvalue weighted by atomic mass is 16.3. The summed E-state index contributed by atoms with van der Waals surface area (Å²) in [5.74, 6) is 0. The van der Waals surface area contributed by atoms with Crippen LogP contribution in [0.5, 0.6) is 0 Å². The standard InChI is InChI=1S/C13H16N2O/c1-10(9-16)15-8-12-7-14-6-11-4-2-3-5-13(11)12/h2-7,10,15-16H,8-9H2,1H3. The molecule has 1 aromatic heterocycles. The van der Waals surface area contributed by atoms with Crippen LogP contribution in [-0.2, 0) is 6.54 Å². The zero-order chi connectivity index (χ0) is 11.4. The summed E-state index contributed by atoms with van der Waals surface area (Å²) in [4.78, 5) is 4.21. The Morgan fingerprint density at radius 2 is 2.12 bits per heavy atom. The van der Waals surface area contributed by atoms with Gasteiger partial charge in [0.25, 0.3) is 0 Å². The van der Waals surface area contributed by atoms with Crippen LogP contribution in [0.4, 0.5) is 0 Å². The molecule has 0 aliphatic carbocycles. The van der Waals surface area contributed by atoms with Gasteiger partial charge in [0.15, 0.2) is 0 Å². The Morgan fingerprint density at radius 1 is 1.31 bits per heavy atom. The number of aliphatic hydroxyl groups excluding tert-OH is 1. The molecule has 3 nitrogen and oxygen atoms in total. The zero-order valence-corrected chi connectivity index (χ0v) is 9.35. The monoisotopic (exact) mass is 216 g/mol. The molecule has 1 unspecified atom stereocenters. The van der Waals surface area contributed by atoms with Crippen molar-refractivity contribution in [3.05, 3.63) is 42.2 Å². The molecular weight excluding hydrogens is 200 g/mol. The maximum absolute atomic E-state index is 8.95. The average molecular weight is 216 g/mol. The molecule has 2 aromatic rings. The van der Waals surface area contributed by atoms with Crippen molar-refractivity contribution < 1.29 is 5.11 Å². The number of benzene rings is 1. The smallest absolute Gasteiger partial charge is 0.0582 e. The lowest BCUT2D eigenvalue weighted by atomic mass is 10.1. The molecule has 2 N–H and O–H groups in total. The van der Waals surface area contributed by atoms with Crippen molar-refractivity contribution in [2.45, 2.75) is 19.5 Å². The van der Waals surface area contributed by atoms with E-state index < -0.39 is 0 Å². The van der Waals surface area contributed by atoms with Gasteiger partial charge in [0, 0.05) is 30.4 Å². The second kappa shape index (κ2) is 5.05. The number of fused-ring (bicyclic) bond motifs is 1. The van der Waals surface area contributed by atoms with E-state index in [1.54, 1.807) is 0 Å². The molecule has 1 heterocycles. The summed E-state index contributed by atoms with van der Waals surface area (Å²) in [7, 11) is 0. The van der Waals surface area contributed by atoms with Crippen molar-refractivity contribution in [2.24, 2.45) is 0 Å². The van der Waals surface area contributed by atoms with Crippen LogP contribution in [0.3, 0.4) is 0 Å². The van der Waals surface area contributed by atoms with Crippen LogP contribution >= 0.6 is 0 Å². The van der Waals surface area contributed by atoms with Gasteiger partial charge in [0.2, 0.25) is 0 Å². The summed E-state index contributed by atoms with van der Waals surface area (Å²) in [6.45, 7) is 2.84. The molecule has 2 rings (SSSR count). The quantitative estimate of drug-likeness (QED) is 0.817. The third-order valence-electron chi connectivity index (χ3n) is 2.67. The van der Waals surface area contributed by atoms with E-state index in [-0.39, 0.29) is 12.6 Å². The summed E-state index contributed by atoms with van der Waals surface area (Å²) in [5.41, 5.74) is 1.17. The lowest BCUT2D eigenvalue weighted by Gasteiger charge is -2.11. The van der Waals surface area contributed by atoms with Crippen LogP contribution < -0.4 is 5.32 Å². The minimum absolute atomic E-state index is 0.110. The Morgan fingerprint density at radius 3 is 2.94 bits per heavy atom. The number of nitrogens with one attached hydrogen (secondary N) is 1. The summed E-state index contributed by atoms with van der Waals surface area (Å²) in [6, 6.07) is 8.30. The number of pyridine rings is 1. The van der Waals surface area contributed by atoms with Crippen molar-refractivity contribution in [3.63, 3.8) is 0 Å². The average Bonchev–Trinajstić information content (AvgIpc) is 2.35. The predicted molar refractivity (Wildman–Crippen MR) is 65.1 cm³/mol. The van der Waals surface area contributed by atoms with Crippen LogP contribution in [0.2, 0.25) is 0 Å². The molecule has 0 saturated carbocycles. The maximum atomic E-state index is 8.95. The minimum atomic E-state index is 0.110. The number of rotatable bonds is 4. The van der Waals surface area contributed by atoms with E-state index in [1.807, 2.05) is 31.5 Å². The molecule has 84 valence electrons. The number of hydrogen-bond acceptors (Lipinski definition) is 3. The minimum Gasteiger partial charge on any atom is -0.395 e. The summed E-state index contributed by atoms with van der Waals surface area (Å²) >= 11 is 0. The molecule has 0 amide bonds. The normalized spacial score (nSPS) is 12.9. The first-order valence-electron chi connectivity index (χ1n) is 5.47. The van der Waals surface area contributed by atoms with Crippen molar-refractivity contribution in [1.29, 1.82) is 0 Å². The second-order valence-corrected chi connectivity index (χ2v) is 3.98. The third-order valence-corrected chi connectivity index (χ3v) is 2.67. The largest absolute Gasteiger partial charge is 0.395 e. The van der Waals surface area contributed by atoms with Gasteiger partial charge < -0.3 is 10.4 Å². The molecule has 16 heavy (non-hydrogen) atoms. The van der Waals surface area contributed by atoms with Gasteiger partial charge in [-0.25, -0.2) is 0 Å². The third kappa shape index (κ3) is 2.38. The van der Waals surface area contributed by atoms with E-state index in [2.05, 4.69) is 22.4 Å². The fourth-order valence-electron chi connectivity index (χ4n) is 1.67. The summed E-state index contributed by atoms with van der Waals surface area (Å²) in [5, 5.41) is 14.6. The van der Waals surface area contributed by atoms with Gasteiger partial charge in [-0.15, -0.1) is 0 Å². The fourth-order valence-corrected chi connectivity index (χ4v) is 1.67. The van der Waals surface area contributed by atoms with Crippen molar-refractivity contribution in [3.8, 4) is 0 Å². The van der Waals surface area contributed by atoms with Crippen LogP contribution in [0.15, 0.2) is 36.7 Å². The molecule has 0 fully saturated rings. The van der Waals surface area contributed by atoms with Crippen LogP contribution in [-0.4, -0.2) is 22.7 Å². The Hall–Kier alpha value is -1.45. The first-order chi connectivity index (χ1) is 7.81. The van der Waals surface area contributed by atoms with Gasteiger partial charge in [0.1, 0.15) is 0 Å². The number of nitrogens with zero attached hydrogens (tertiary/aromatic N) is 1. The number of aromatic nitrogens is 1. The molecule has 0 aliphatic heterocycles. The SMILES string of the molecule is CC(CO)NCc1cncc2ccccc12. The van der Waals surface area contributed by atoms with Crippen LogP contribution in [0, 0.1) is 0 Å². The van der Waals surface area contributed by atoms with Gasteiger partial charge in [0.05, 0.1) is 6.61 Å². The molecular formula is C13H16N2O. The Labute approximate surface area is 95.1 Å². The van der Waals surface area contributed by atoms with Crippen molar-refractivity contribution in [1.82, 2.24) is 10.3 Å². The van der Waals surface area contributed by atoms with Gasteiger partial charge >= 0.3 is 0 Å². The molecule has 0 spiro atoms. The second-order valence-electron chi connectivity index (χ2n) is 3.98. The maximum Gasteiger partial charge on any atom is 0.0582 e. The molecule has 3 heteroatoms. The topological polar surface area (TPSA) is 45.1 Å². The van der Waals surface area contributed by atoms with E-state index in [0.29, 0.717) is 0 Å². The van der Waals surface area contributed by atoms with Crippen LogP contribution in [0.1, 0.15) is 12.5 Å². The van der Waals surface area contributed by atoms with E-state index in [4.69, 9.17) is 5.11 Å². The lowest BCUT2D eigenvalue weighted by molar-refractivity contribution is 0.251. The number of aliphatic hydroxyl groups is 1. The first-order valence-corrected chi connectivity index (χ1v) is 5.47. The Kier molecular flexibility index (Phi) is 3.49.